The summed E-state index contributed by atoms with van der Waals surface area (Å²) in [5.74, 6) is 0.0765. The third-order valence-corrected chi connectivity index (χ3v) is 4.39. The predicted octanol–water partition coefficient (Wildman–Crippen LogP) is 3.69. The van der Waals surface area contributed by atoms with Gasteiger partial charge in [0.1, 0.15) is 5.82 Å². The zero-order valence-electron chi connectivity index (χ0n) is 12.1. The van der Waals surface area contributed by atoms with Gasteiger partial charge in [-0.25, -0.2) is 4.39 Å². The monoisotopic (exact) mass is 298 g/mol. The zero-order valence-corrected chi connectivity index (χ0v) is 12.1. The number of benzene rings is 1. The summed E-state index contributed by atoms with van der Waals surface area (Å²) in [6.45, 7) is 1.84. The van der Waals surface area contributed by atoms with Gasteiger partial charge in [0, 0.05) is 23.6 Å². The normalized spacial score (nSPS) is 20.5. The minimum absolute atomic E-state index is 0.120. The number of ketones is 1. The van der Waals surface area contributed by atoms with Gasteiger partial charge in [-0.2, -0.15) is 0 Å². The van der Waals surface area contributed by atoms with Crippen LogP contribution in [0, 0.1) is 12.7 Å². The molecule has 1 aliphatic heterocycles. The Balaban J connectivity index is 1.96. The number of carbonyl (C=O) groups is 1. The molecule has 1 aromatic carbocycles. The minimum atomic E-state index is -0.308. The number of fused-ring (bicyclic) bond motifs is 1. The van der Waals surface area contributed by atoms with Crippen molar-refractivity contribution in [2.45, 2.75) is 32.1 Å². The van der Waals surface area contributed by atoms with Crippen molar-refractivity contribution in [2.75, 3.05) is 5.32 Å². The Hall–Kier alpha value is -2.43. The molecule has 0 amide bonds. The lowest BCUT2D eigenvalue weighted by Crippen LogP contribution is -2.26. The molecule has 1 aromatic heterocycles. The summed E-state index contributed by atoms with van der Waals surface area (Å²) in [7, 11) is 0. The highest BCUT2D eigenvalue weighted by molar-refractivity contribution is 6.00. The lowest BCUT2D eigenvalue weighted by molar-refractivity contribution is -0.116. The second kappa shape index (κ2) is 4.80. The topological polar surface area (TPSA) is 55.1 Å². The molecule has 2 aromatic rings. The first-order valence-electron chi connectivity index (χ1n) is 7.40. The Morgan fingerprint density at radius 3 is 3.05 bits per heavy atom. The highest BCUT2D eigenvalue weighted by Gasteiger charge is 2.38. The molecule has 0 radical (unpaired) electrons. The van der Waals surface area contributed by atoms with E-state index >= 15 is 0 Å². The molecule has 1 N–H and O–H groups in total. The minimum Gasteiger partial charge on any atom is -0.338 e. The molecule has 1 atom stereocenters. The number of nitrogens with zero attached hydrogens (tertiary/aromatic N) is 1. The van der Waals surface area contributed by atoms with Crippen molar-refractivity contribution >= 4 is 11.7 Å². The van der Waals surface area contributed by atoms with Crippen molar-refractivity contribution in [1.29, 1.82) is 0 Å². The van der Waals surface area contributed by atoms with Crippen LogP contribution in [-0.2, 0) is 4.79 Å². The summed E-state index contributed by atoms with van der Waals surface area (Å²) in [6, 6.07) is 6.41. The van der Waals surface area contributed by atoms with E-state index in [4.69, 9.17) is 4.52 Å². The molecular weight excluding hydrogens is 283 g/mol. The van der Waals surface area contributed by atoms with Gasteiger partial charge in [-0.05, 0) is 37.5 Å². The molecule has 0 fully saturated rings. The van der Waals surface area contributed by atoms with Gasteiger partial charge in [-0.3, -0.25) is 4.79 Å². The van der Waals surface area contributed by atoms with Crippen LogP contribution in [0.2, 0.25) is 0 Å². The fraction of sp³-hybridized carbons (Fsp3) is 0.294. The number of nitrogens with one attached hydrogen (secondary N) is 1. The SMILES string of the molecule is Cc1noc2c1[C@H](c1cccc(F)c1)C1=C(CCCC1=O)N2. The Morgan fingerprint density at radius 1 is 1.36 bits per heavy atom. The average molecular weight is 298 g/mol. The van der Waals surface area contributed by atoms with Crippen molar-refractivity contribution in [3.8, 4) is 0 Å². The van der Waals surface area contributed by atoms with E-state index in [9.17, 15) is 9.18 Å². The number of hydrogen-bond donors (Lipinski definition) is 1. The van der Waals surface area contributed by atoms with Crippen LogP contribution in [0.4, 0.5) is 10.3 Å². The van der Waals surface area contributed by atoms with E-state index in [1.54, 1.807) is 6.07 Å². The number of allylic oxidation sites excluding steroid dienone is 2. The van der Waals surface area contributed by atoms with Gasteiger partial charge in [0.2, 0.25) is 5.88 Å². The predicted molar refractivity (Wildman–Crippen MR) is 79.0 cm³/mol. The van der Waals surface area contributed by atoms with Crippen molar-refractivity contribution in [3.05, 3.63) is 58.2 Å². The molecule has 0 unspecified atom stereocenters. The molecule has 2 heterocycles. The molecule has 0 spiro atoms. The maximum absolute atomic E-state index is 13.7. The summed E-state index contributed by atoms with van der Waals surface area (Å²) in [5, 5.41) is 7.21. The highest BCUT2D eigenvalue weighted by Crippen LogP contribution is 2.46. The molecule has 0 saturated heterocycles. The molecule has 112 valence electrons. The lowest BCUT2D eigenvalue weighted by atomic mass is 9.76. The van der Waals surface area contributed by atoms with Crippen LogP contribution in [-0.4, -0.2) is 10.9 Å². The Kier molecular flexibility index (Phi) is 2.89. The maximum Gasteiger partial charge on any atom is 0.233 e. The van der Waals surface area contributed by atoms with Gasteiger partial charge < -0.3 is 9.84 Å². The number of rotatable bonds is 1. The summed E-state index contributed by atoms with van der Waals surface area (Å²) < 4.78 is 19.0. The van der Waals surface area contributed by atoms with Gasteiger partial charge in [0.05, 0.1) is 11.3 Å². The molecule has 4 nitrogen and oxygen atoms in total. The average Bonchev–Trinajstić information content (AvgIpc) is 2.87. The number of halogens is 1. The Labute approximate surface area is 127 Å². The summed E-state index contributed by atoms with van der Waals surface area (Å²) in [5.41, 5.74) is 3.93. The smallest absolute Gasteiger partial charge is 0.233 e. The summed E-state index contributed by atoms with van der Waals surface area (Å²) in [6.07, 6.45) is 2.15. The standard InChI is InChI=1S/C17H15FN2O2/c1-9-14-15(10-4-2-5-11(18)8-10)16-12(6-3-7-13(16)21)19-17(14)22-20-9/h2,4-5,8,15,19H,3,6-7H2,1H3/t15-/m0/s1. The van der Waals surface area contributed by atoms with Gasteiger partial charge in [-0.1, -0.05) is 17.3 Å². The Morgan fingerprint density at radius 2 is 2.23 bits per heavy atom. The van der Waals surface area contributed by atoms with E-state index in [1.165, 1.54) is 12.1 Å². The Bertz CT molecular complexity index is 807. The third-order valence-electron chi connectivity index (χ3n) is 4.39. The van der Waals surface area contributed by atoms with E-state index in [2.05, 4.69) is 10.5 Å². The lowest BCUT2D eigenvalue weighted by Gasteiger charge is -2.31. The number of carbonyl (C=O) groups excluding carboxylic acids is 1. The molecule has 1 aliphatic carbocycles. The van der Waals surface area contributed by atoms with Gasteiger partial charge in [-0.15, -0.1) is 0 Å². The largest absolute Gasteiger partial charge is 0.338 e. The van der Waals surface area contributed by atoms with Gasteiger partial charge in [0.25, 0.3) is 0 Å². The van der Waals surface area contributed by atoms with Crippen LogP contribution in [0.1, 0.15) is 42.0 Å². The first kappa shape index (κ1) is 13.2. The van der Waals surface area contributed by atoms with Crippen LogP contribution in [0.25, 0.3) is 0 Å². The number of aryl methyl sites for hydroxylation is 1. The maximum atomic E-state index is 13.7. The molecule has 22 heavy (non-hydrogen) atoms. The van der Waals surface area contributed by atoms with E-state index in [0.717, 1.165) is 40.9 Å². The van der Waals surface area contributed by atoms with Crippen molar-refractivity contribution in [2.24, 2.45) is 0 Å². The third kappa shape index (κ3) is 1.89. The molecular formula is C17H15FN2O2. The molecule has 2 aliphatic rings. The second-order valence-electron chi connectivity index (χ2n) is 5.79. The zero-order chi connectivity index (χ0) is 15.3. The first-order chi connectivity index (χ1) is 10.6. The number of anilines is 1. The molecule has 4 rings (SSSR count). The summed E-state index contributed by atoms with van der Waals surface area (Å²) in [4.78, 5) is 12.5. The summed E-state index contributed by atoms with van der Waals surface area (Å²) >= 11 is 0. The van der Waals surface area contributed by atoms with Crippen molar-refractivity contribution in [3.63, 3.8) is 0 Å². The fourth-order valence-electron chi connectivity index (χ4n) is 3.44. The molecule has 0 saturated carbocycles. The van der Waals surface area contributed by atoms with E-state index < -0.39 is 0 Å². The van der Waals surface area contributed by atoms with Gasteiger partial charge >= 0.3 is 0 Å². The molecule has 5 heteroatoms. The number of aromatic nitrogens is 1. The van der Waals surface area contributed by atoms with Crippen molar-refractivity contribution in [1.82, 2.24) is 5.16 Å². The van der Waals surface area contributed by atoms with Gasteiger partial charge in [0.15, 0.2) is 5.78 Å². The van der Waals surface area contributed by atoms with Crippen LogP contribution in [0.15, 0.2) is 40.1 Å². The van der Waals surface area contributed by atoms with Crippen LogP contribution < -0.4 is 5.32 Å². The second-order valence-corrected chi connectivity index (χ2v) is 5.79. The van der Waals surface area contributed by atoms with E-state index in [1.807, 2.05) is 13.0 Å². The van der Waals surface area contributed by atoms with Crippen LogP contribution in [0.3, 0.4) is 0 Å². The highest BCUT2D eigenvalue weighted by atomic mass is 19.1. The number of Topliss-reactive ketones (excluding diaryl/α,β-unsaturated/α-hetero) is 1. The van der Waals surface area contributed by atoms with Crippen molar-refractivity contribution < 1.29 is 13.7 Å². The number of hydrogen-bond acceptors (Lipinski definition) is 4. The van der Waals surface area contributed by atoms with E-state index in [0.29, 0.717) is 12.3 Å². The van der Waals surface area contributed by atoms with Crippen LogP contribution >= 0.6 is 0 Å². The fourth-order valence-corrected chi connectivity index (χ4v) is 3.44. The quantitative estimate of drug-likeness (QED) is 0.872. The van der Waals surface area contributed by atoms with E-state index in [-0.39, 0.29) is 17.5 Å². The first-order valence-corrected chi connectivity index (χ1v) is 7.40. The molecule has 0 bridgehead atoms. The van der Waals surface area contributed by atoms with Crippen LogP contribution in [0.5, 0.6) is 0 Å².